The van der Waals surface area contributed by atoms with Gasteiger partial charge < -0.3 is 5.73 Å². The van der Waals surface area contributed by atoms with Gasteiger partial charge in [-0.15, -0.1) is 24.8 Å². The van der Waals surface area contributed by atoms with E-state index in [1.54, 1.807) is 18.2 Å². The van der Waals surface area contributed by atoms with Gasteiger partial charge in [-0.1, -0.05) is 30.3 Å². The molecular weight excluding hydrogens is 275 g/mol. The molecule has 0 aliphatic carbocycles. The molecule has 4 N–H and O–H groups in total. The Hall–Kier alpha value is -0.820. The molecule has 0 heterocycles. The molecule has 0 fully saturated rings. The van der Waals surface area contributed by atoms with Crippen molar-refractivity contribution in [2.24, 2.45) is 10.9 Å². The molecule has 0 bridgehead atoms. The molecule has 0 aliphatic heterocycles. The van der Waals surface area contributed by atoms with Gasteiger partial charge in [0.15, 0.2) is 5.25 Å². The van der Waals surface area contributed by atoms with Crippen molar-refractivity contribution in [3.05, 3.63) is 35.9 Å². The summed E-state index contributed by atoms with van der Waals surface area (Å²) in [6, 6.07) is 7.89. The standard InChI is InChI=1S/C8H10N2O3S.2ClH/c9-8(11)7(14(10,12)13)6-4-2-1-3-5-6;;/h1-5,7H,(H2,9,11)(H2,10,12,13);2*1H. The molecule has 0 aromatic heterocycles. The number of hydrogen-bond acceptors (Lipinski definition) is 3. The minimum atomic E-state index is -3.99. The Morgan fingerprint density at radius 1 is 1.12 bits per heavy atom. The van der Waals surface area contributed by atoms with Gasteiger partial charge in [-0.2, -0.15) is 0 Å². The Morgan fingerprint density at radius 2 is 1.56 bits per heavy atom. The molecule has 0 saturated carbocycles. The lowest BCUT2D eigenvalue weighted by Crippen LogP contribution is -2.32. The zero-order valence-electron chi connectivity index (χ0n) is 8.07. The van der Waals surface area contributed by atoms with Crippen molar-refractivity contribution in [2.45, 2.75) is 5.25 Å². The summed E-state index contributed by atoms with van der Waals surface area (Å²) in [7, 11) is -3.99. The number of amides is 1. The van der Waals surface area contributed by atoms with E-state index in [9.17, 15) is 13.2 Å². The van der Waals surface area contributed by atoms with Gasteiger partial charge in [-0.05, 0) is 5.56 Å². The summed E-state index contributed by atoms with van der Waals surface area (Å²) in [4.78, 5) is 10.9. The summed E-state index contributed by atoms with van der Waals surface area (Å²) in [6.07, 6.45) is 0. The van der Waals surface area contributed by atoms with Crippen LogP contribution in [0.3, 0.4) is 0 Å². The zero-order valence-corrected chi connectivity index (χ0v) is 10.5. The van der Waals surface area contributed by atoms with Crippen LogP contribution >= 0.6 is 24.8 Å². The molecule has 1 unspecified atom stereocenters. The Labute approximate surface area is 106 Å². The molecular formula is C8H12Cl2N2O3S. The minimum absolute atomic E-state index is 0. The average Bonchev–Trinajstić information content (AvgIpc) is 2.02. The van der Waals surface area contributed by atoms with Crippen LogP contribution < -0.4 is 10.9 Å². The van der Waals surface area contributed by atoms with Gasteiger partial charge >= 0.3 is 0 Å². The van der Waals surface area contributed by atoms with Crippen LogP contribution in [-0.4, -0.2) is 14.3 Å². The fraction of sp³-hybridized carbons (Fsp3) is 0.125. The van der Waals surface area contributed by atoms with Crippen LogP contribution in [0.5, 0.6) is 0 Å². The number of halogens is 2. The summed E-state index contributed by atoms with van der Waals surface area (Å²) in [5, 5.41) is 3.42. The van der Waals surface area contributed by atoms with Gasteiger partial charge in [0.05, 0.1) is 0 Å². The van der Waals surface area contributed by atoms with Gasteiger partial charge in [0.1, 0.15) is 0 Å². The Bertz CT molecular complexity index is 436. The predicted molar refractivity (Wildman–Crippen MR) is 66.0 cm³/mol. The van der Waals surface area contributed by atoms with Crippen molar-refractivity contribution in [1.29, 1.82) is 0 Å². The number of carbonyl (C=O) groups excluding carboxylic acids is 1. The molecule has 0 radical (unpaired) electrons. The lowest BCUT2D eigenvalue weighted by atomic mass is 10.1. The normalized spacial score (nSPS) is 11.8. The molecule has 92 valence electrons. The number of hydrogen-bond donors (Lipinski definition) is 2. The van der Waals surface area contributed by atoms with Crippen molar-refractivity contribution in [3.63, 3.8) is 0 Å². The van der Waals surface area contributed by atoms with Crippen molar-refractivity contribution >= 4 is 40.7 Å². The molecule has 0 aliphatic rings. The molecule has 1 aromatic rings. The van der Waals surface area contributed by atoms with E-state index < -0.39 is 21.2 Å². The van der Waals surface area contributed by atoms with Crippen LogP contribution in [0, 0.1) is 0 Å². The summed E-state index contributed by atoms with van der Waals surface area (Å²) < 4.78 is 22.1. The van der Waals surface area contributed by atoms with Crippen molar-refractivity contribution in [1.82, 2.24) is 0 Å². The van der Waals surface area contributed by atoms with E-state index in [4.69, 9.17) is 10.9 Å². The van der Waals surface area contributed by atoms with Gasteiger partial charge in [0, 0.05) is 0 Å². The Balaban J connectivity index is 0. The molecule has 1 aromatic carbocycles. The third kappa shape index (κ3) is 4.36. The number of benzene rings is 1. The lowest BCUT2D eigenvalue weighted by Gasteiger charge is -2.10. The summed E-state index contributed by atoms with van der Waals surface area (Å²) in [6.45, 7) is 0. The maximum Gasteiger partial charge on any atom is 0.241 e. The molecule has 5 nitrogen and oxygen atoms in total. The Kier molecular flexibility index (Phi) is 7.35. The van der Waals surface area contributed by atoms with Crippen LogP contribution in [0.4, 0.5) is 0 Å². The van der Waals surface area contributed by atoms with Gasteiger partial charge in [0.25, 0.3) is 0 Å². The summed E-state index contributed by atoms with van der Waals surface area (Å²) in [5.74, 6) is -0.973. The van der Waals surface area contributed by atoms with Crippen molar-refractivity contribution < 1.29 is 13.2 Å². The highest BCUT2D eigenvalue weighted by atomic mass is 35.5. The number of sulfonamides is 1. The second-order valence-electron chi connectivity index (χ2n) is 2.78. The second-order valence-corrected chi connectivity index (χ2v) is 4.43. The topological polar surface area (TPSA) is 103 Å². The summed E-state index contributed by atoms with van der Waals surface area (Å²) >= 11 is 0. The van der Waals surface area contributed by atoms with Crippen LogP contribution in [0.2, 0.25) is 0 Å². The number of carbonyl (C=O) groups is 1. The highest BCUT2D eigenvalue weighted by Crippen LogP contribution is 2.18. The second kappa shape index (κ2) is 6.70. The predicted octanol–water partition coefficient (Wildman–Crippen LogP) is 0.345. The first kappa shape index (κ1) is 17.6. The molecule has 8 heteroatoms. The van der Waals surface area contributed by atoms with Gasteiger partial charge in [0.2, 0.25) is 15.9 Å². The first-order chi connectivity index (χ1) is 6.43. The molecule has 1 rings (SSSR count). The van der Waals surface area contributed by atoms with Crippen molar-refractivity contribution in [2.75, 3.05) is 0 Å². The fourth-order valence-electron chi connectivity index (χ4n) is 1.14. The number of nitrogens with two attached hydrogens (primary N) is 2. The SMILES string of the molecule is Cl.Cl.NC(=O)C(c1ccccc1)S(N)(=O)=O. The zero-order chi connectivity index (χ0) is 10.8. The van der Waals surface area contributed by atoms with Crippen LogP contribution in [0.15, 0.2) is 30.3 Å². The van der Waals surface area contributed by atoms with E-state index in [-0.39, 0.29) is 30.4 Å². The number of primary sulfonamides is 1. The largest absolute Gasteiger partial charge is 0.368 e. The fourth-order valence-corrected chi connectivity index (χ4v) is 2.00. The van der Waals surface area contributed by atoms with Crippen LogP contribution in [0.25, 0.3) is 0 Å². The minimum Gasteiger partial charge on any atom is -0.368 e. The maximum absolute atomic E-state index is 11.1. The molecule has 1 amide bonds. The van der Waals surface area contributed by atoms with Crippen LogP contribution in [0.1, 0.15) is 10.8 Å². The lowest BCUT2D eigenvalue weighted by molar-refractivity contribution is -0.117. The van der Waals surface area contributed by atoms with Gasteiger partial charge in [-0.25, -0.2) is 13.6 Å². The summed E-state index contributed by atoms with van der Waals surface area (Å²) in [5.41, 5.74) is 5.24. The number of primary amides is 1. The first-order valence-corrected chi connectivity index (χ1v) is 5.40. The van der Waals surface area contributed by atoms with E-state index in [2.05, 4.69) is 0 Å². The van der Waals surface area contributed by atoms with E-state index in [1.165, 1.54) is 12.1 Å². The van der Waals surface area contributed by atoms with Crippen molar-refractivity contribution in [3.8, 4) is 0 Å². The van der Waals surface area contributed by atoms with E-state index in [0.717, 1.165) is 0 Å². The first-order valence-electron chi connectivity index (χ1n) is 3.79. The third-order valence-corrected chi connectivity index (χ3v) is 2.85. The smallest absolute Gasteiger partial charge is 0.241 e. The number of rotatable bonds is 3. The monoisotopic (exact) mass is 286 g/mol. The van der Waals surface area contributed by atoms with E-state index in [0.29, 0.717) is 0 Å². The molecule has 0 saturated heterocycles. The maximum atomic E-state index is 11.1. The van der Waals surface area contributed by atoms with Crippen LogP contribution in [-0.2, 0) is 14.8 Å². The third-order valence-electron chi connectivity index (χ3n) is 1.69. The van der Waals surface area contributed by atoms with E-state index >= 15 is 0 Å². The Morgan fingerprint density at radius 3 is 1.88 bits per heavy atom. The van der Waals surface area contributed by atoms with E-state index in [1.807, 2.05) is 0 Å². The molecule has 0 spiro atoms. The average molecular weight is 287 g/mol. The van der Waals surface area contributed by atoms with Gasteiger partial charge in [-0.3, -0.25) is 4.79 Å². The molecule has 16 heavy (non-hydrogen) atoms. The molecule has 1 atom stereocenters. The highest BCUT2D eigenvalue weighted by molar-refractivity contribution is 7.90. The quantitative estimate of drug-likeness (QED) is 0.838. The highest BCUT2D eigenvalue weighted by Gasteiger charge is 2.28.